The summed E-state index contributed by atoms with van der Waals surface area (Å²) in [6.45, 7) is 5.33. The van der Waals surface area contributed by atoms with Crippen LogP contribution in [0.15, 0.2) is 29.3 Å². The van der Waals surface area contributed by atoms with Crippen LogP contribution in [-0.2, 0) is 4.79 Å². The van der Waals surface area contributed by atoms with Crippen LogP contribution in [0, 0.1) is 11.6 Å². The number of nitrogens with one attached hydrogen (secondary N) is 1. The van der Waals surface area contributed by atoms with Gasteiger partial charge in [-0.15, -0.1) is 0 Å². The van der Waals surface area contributed by atoms with E-state index < -0.39 is 23.6 Å². The number of benzene rings is 1. The fourth-order valence-corrected chi connectivity index (χ4v) is 3.21. The Morgan fingerprint density at radius 3 is 2.48 bits per heavy atom. The summed E-state index contributed by atoms with van der Waals surface area (Å²) in [5.74, 6) is -2.06. The van der Waals surface area contributed by atoms with Gasteiger partial charge < -0.3 is 15.1 Å². The third-order valence-corrected chi connectivity index (χ3v) is 4.91. The molecule has 1 aromatic carbocycles. The lowest BCUT2D eigenvalue weighted by molar-refractivity contribution is -0.118. The number of halogens is 2. The van der Waals surface area contributed by atoms with E-state index in [1.807, 2.05) is 13.8 Å². The molecule has 0 aliphatic carbocycles. The molecule has 1 atom stereocenters. The molecule has 0 radical (unpaired) electrons. The monoisotopic (exact) mass is 349 g/mol. The van der Waals surface area contributed by atoms with Crippen LogP contribution < -0.4 is 10.2 Å². The molecular formula is C18H21F2N3O2. The van der Waals surface area contributed by atoms with Gasteiger partial charge in [0, 0.05) is 19.6 Å². The minimum atomic E-state index is -0.785. The van der Waals surface area contributed by atoms with Gasteiger partial charge in [0.15, 0.2) is 0 Å². The van der Waals surface area contributed by atoms with E-state index in [-0.39, 0.29) is 18.3 Å². The lowest BCUT2D eigenvalue weighted by atomic mass is 10.0. The summed E-state index contributed by atoms with van der Waals surface area (Å²) in [5.41, 5.74) is 2.08. The number of urea groups is 1. The number of carbonyl (C=O) groups excluding carboxylic acids is 2. The zero-order valence-electron chi connectivity index (χ0n) is 14.3. The number of nitrogens with zero attached hydrogens (tertiary/aromatic N) is 2. The molecule has 2 aliphatic heterocycles. The summed E-state index contributed by atoms with van der Waals surface area (Å²) < 4.78 is 27.8. The maximum absolute atomic E-state index is 13.9. The van der Waals surface area contributed by atoms with Crippen LogP contribution in [0.3, 0.4) is 0 Å². The van der Waals surface area contributed by atoms with Crippen molar-refractivity contribution in [3.05, 3.63) is 41.0 Å². The van der Waals surface area contributed by atoms with Gasteiger partial charge in [0.25, 0.3) is 0 Å². The van der Waals surface area contributed by atoms with Crippen molar-refractivity contribution in [3.8, 4) is 0 Å². The third-order valence-electron chi connectivity index (χ3n) is 4.91. The van der Waals surface area contributed by atoms with E-state index in [1.165, 1.54) is 11.6 Å². The van der Waals surface area contributed by atoms with Crippen LogP contribution in [-0.4, -0.2) is 42.5 Å². The van der Waals surface area contributed by atoms with Crippen LogP contribution in [0.1, 0.15) is 26.7 Å². The van der Waals surface area contributed by atoms with Crippen molar-refractivity contribution in [3.63, 3.8) is 0 Å². The fraction of sp³-hybridized carbons (Fsp3) is 0.444. The highest BCUT2D eigenvalue weighted by molar-refractivity contribution is 6.01. The van der Waals surface area contributed by atoms with Gasteiger partial charge in [-0.25, -0.2) is 13.6 Å². The fourth-order valence-electron chi connectivity index (χ4n) is 3.21. The van der Waals surface area contributed by atoms with E-state index in [0.29, 0.717) is 19.5 Å². The number of rotatable bonds is 2. The van der Waals surface area contributed by atoms with Gasteiger partial charge >= 0.3 is 6.03 Å². The number of amides is 3. The largest absolute Gasteiger partial charge is 0.326 e. The molecule has 3 amide bonds. The summed E-state index contributed by atoms with van der Waals surface area (Å²) in [7, 11) is 0. The lowest BCUT2D eigenvalue weighted by Gasteiger charge is -2.29. The van der Waals surface area contributed by atoms with Crippen LogP contribution >= 0.6 is 0 Å². The average Bonchev–Trinajstić information content (AvgIpc) is 2.91. The van der Waals surface area contributed by atoms with Crippen molar-refractivity contribution in [1.29, 1.82) is 0 Å². The van der Waals surface area contributed by atoms with E-state index in [9.17, 15) is 18.4 Å². The summed E-state index contributed by atoms with van der Waals surface area (Å²) in [6, 6.07) is 2.40. The highest BCUT2D eigenvalue weighted by atomic mass is 19.1. The second-order valence-electron chi connectivity index (χ2n) is 6.58. The van der Waals surface area contributed by atoms with Crippen LogP contribution in [0.25, 0.3) is 0 Å². The van der Waals surface area contributed by atoms with Crippen LogP contribution in [0.4, 0.5) is 19.3 Å². The number of hydrogen-bond acceptors (Lipinski definition) is 2. The van der Waals surface area contributed by atoms with Crippen LogP contribution in [0.2, 0.25) is 0 Å². The maximum Gasteiger partial charge on any atom is 0.318 e. The molecule has 25 heavy (non-hydrogen) atoms. The first-order valence-corrected chi connectivity index (χ1v) is 8.34. The molecule has 3 rings (SSSR count). The number of anilines is 1. The second kappa shape index (κ2) is 6.82. The Bertz CT molecular complexity index is 728. The highest BCUT2D eigenvalue weighted by Crippen LogP contribution is 2.27. The van der Waals surface area contributed by atoms with Crippen molar-refractivity contribution in [2.24, 2.45) is 0 Å². The Morgan fingerprint density at radius 2 is 1.84 bits per heavy atom. The van der Waals surface area contributed by atoms with Gasteiger partial charge in [0.05, 0.1) is 0 Å². The molecule has 5 nitrogen and oxygen atoms in total. The van der Waals surface area contributed by atoms with Gasteiger partial charge in [-0.1, -0.05) is 17.2 Å². The molecule has 1 fully saturated rings. The zero-order valence-corrected chi connectivity index (χ0v) is 14.3. The lowest BCUT2D eigenvalue weighted by Crippen LogP contribution is -2.49. The molecule has 2 heterocycles. The SMILES string of the molecule is CC1=C(C)CN(C(=O)NC2CCN(c3c(F)cccc3F)C2=O)CC1. The quantitative estimate of drug-likeness (QED) is 0.835. The predicted octanol–water partition coefficient (Wildman–Crippen LogP) is 2.82. The van der Waals surface area contributed by atoms with E-state index in [2.05, 4.69) is 5.32 Å². The predicted molar refractivity (Wildman–Crippen MR) is 90.2 cm³/mol. The summed E-state index contributed by atoms with van der Waals surface area (Å²) >= 11 is 0. The maximum atomic E-state index is 13.9. The minimum Gasteiger partial charge on any atom is -0.326 e. The van der Waals surface area contributed by atoms with E-state index in [4.69, 9.17) is 0 Å². The van der Waals surface area contributed by atoms with Crippen LogP contribution in [0.5, 0.6) is 0 Å². The molecule has 134 valence electrons. The topological polar surface area (TPSA) is 52.7 Å². The molecule has 0 spiro atoms. The molecular weight excluding hydrogens is 328 g/mol. The Morgan fingerprint density at radius 1 is 1.16 bits per heavy atom. The molecule has 7 heteroatoms. The molecule has 1 unspecified atom stereocenters. The van der Waals surface area contributed by atoms with E-state index in [0.717, 1.165) is 29.0 Å². The average molecular weight is 349 g/mol. The first-order valence-electron chi connectivity index (χ1n) is 8.34. The molecule has 1 saturated heterocycles. The summed E-state index contributed by atoms with van der Waals surface area (Å²) in [4.78, 5) is 27.6. The van der Waals surface area contributed by atoms with Crippen molar-refractivity contribution in [2.45, 2.75) is 32.7 Å². The standard InChI is InChI=1S/C18H21F2N3O2/c1-11-6-8-22(10-12(11)2)18(25)21-15-7-9-23(17(15)24)16-13(19)4-3-5-14(16)20/h3-5,15H,6-10H2,1-2H3,(H,21,25). The summed E-state index contributed by atoms with van der Waals surface area (Å²) in [6.07, 6.45) is 1.13. The van der Waals surface area contributed by atoms with Gasteiger partial charge in [-0.05, 0) is 38.8 Å². The Labute approximate surface area is 145 Å². The Kier molecular flexibility index (Phi) is 4.74. The van der Waals surface area contributed by atoms with Crippen molar-refractivity contribution in [1.82, 2.24) is 10.2 Å². The second-order valence-corrected chi connectivity index (χ2v) is 6.58. The Hall–Kier alpha value is -2.44. The number of carbonyl (C=O) groups is 2. The Balaban J connectivity index is 1.68. The number of para-hydroxylation sites is 1. The molecule has 2 aliphatic rings. The third kappa shape index (κ3) is 3.36. The van der Waals surface area contributed by atoms with Gasteiger partial charge in [0.2, 0.25) is 5.91 Å². The molecule has 0 saturated carbocycles. The first kappa shape index (κ1) is 17.4. The van der Waals surface area contributed by atoms with Gasteiger partial charge in [-0.3, -0.25) is 4.79 Å². The highest BCUT2D eigenvalue weighted by Gasteiger charge is 2.37. The molecule has 1 aromatic rings. The normalized spacial score (nSPS) is 21.1. The molecule has 0 bridgehead atoms. The van der Waals surface area contributed by atoms with Crippen molar-refractivity contribution >= 4 is 17.6 Å². The molecule has 0 aromatic heterocycles. The van der Waals surface area contributed by atoms with E-state index in [1.54, 1.807) is 4.90 Å². The summed E-state index contributed by atoms with van der Waals surface area (Å²) in [5, 5.41) is 2.70. The van der Waals surface area contributed by atoms with E-state index >= 15 is 0 Å². The number of hydrogen-bond donors (Lipinski definition) is 1. The smallest absolute Gasteiger partial charge is 0.318 e. The van der Waals surface area contributed by atoms with Crippen molar-refractivity contribution < 1.29 is 18.4 Å². The van der Waals surface area contributed by atoms with Gasteiger partial charge in [0.1, 0.15) is 23.4 Å². The minimum absolute atomic E-state index is 0.166. The van der Waals surface area contributed by atoms with Crippen molar-refractivity contribution in [2.75, 3.05) is 24.5 Å². The first-order chi connectivity index (χ1) is 11.9. The zero-order chi connectivity index (χ0) is 18.1. The van der Waals surface area contributed by atoms with Gasteiger partial charge in [-0.2, -0.15) is 0 Å². The molecule has 1 N–H and O–H groups in total.